The van der Waals surface area contributed by atoms with Crippen LogP contribution >= 0.6 is 0 Å². The Bertz CT molecular complexity index is 961. The van der Waals surface area contributed by atoms with Crippen molar-refractivity contribution < 1.29 is 28.8 Å². The summed E-state index contributed by atoms with van der Waals surface area (Å²) < 4.78 is 19.1. The number of piperidine rings is 1. The Morgan fingerprint density at radius 3 is 2.61 bits per heavy atom. The van der Waals surface area contributed by atoms with Gasteiger partial charge in [-0.05, 0) is 64.4 Å². The molecular formula is C27H40BFN4O5. The summed E-state index contributed by atoms with van der Waals surface area (Å²) in [6.07, 6.45) is 2.38. The van der Waals surface area contributed by atoms with E-state index in [9.17, 15) is 29.3 Å². The van der Waals surface area contributed by atoms with E-state index >= 15 is 0 Å². The summed E-state index contributed by atoms with van der Waals surface area (Å²) >= 11 is 0. The molecule has 38 heavy (non-hydrogen) atoms. The van der Waals surface area contributed by atoms with Crippen LogP contribution in [-0.2, 0) is 16.0 Å². The van der Waals surface area contributed by atoms with Crippen molar-refractivity contribution in [1.29, 1.82) is 5.26 Å². The van der Waals surface area contributed by atoms with Crippen molar-refractivity contribution in [1.82, 2.24) is 15.1 Å². The molecule has 0 bridgehead atoms. The molecule has 0 spiro atoms. The summed E-state index contributed by atoms with van der Waals surface area (Å²) in [5.74, 6) is -2.05. The molecule has 2 heterocycles. The fourth-order valence-corrected chi connectivity index (χ4v) is 5.29. The first kappa shape index (κ1) is 29.9. The largest absolute Gasteiger partial charge is 0.475 e. The van der Waals surface area contributed by atoms with Crippen LogP contribution in [0.1, 0.15) is 57.9 Å². The number of alkyl halides is 1. The Hall–Kier alpha value is -2.68. The standard InChI is InChI=1S/C27H40BFN4O5/c1-27(2,32-15-12-22(29)18-32)13-11-21(17-30)25(34)33-14-7-6-10-23(33)19-38-26(35)31-24(28(36)37)16-20-8-4-3-5-9-20/h3-5,8-9,21-24,36-37H,6-7,10-16,18-19H2,1-2H3,(H,31,35)/t21?,22-,23+,24-/m0/s1. The van der Waals surface area contributed by atoms with Crippen LogP contribution in [0.25, 0.3) is 0 Å². The zero-order chi connectivity index (χ0) is 27.7. The second-order valence-corrected chi connectivity index (χ2v) is 11.0. The van der Waals surface area contributed by atoms with Gasteiger partial charge in [0.1, 0.15) is 18.7 Å². The fraction of sp³-hybridized carbons (Fsp3) is 0.667. The molecule has 9 nitrogen and oxygen atoms in total. The highest BCUT2D eigenvalue weighted by Gasteiger charge is 2.37. The normalized spacial score (nSPS) is 21.8. The fourth-order valence-electron chi connectivity index (χ4n) is 5.29. The number of benzene rings is 1. The van der Waals surface area contributed by atoms with Crippen molar-refractivity contribution in [2.24, 2.45) is 5.92 Å². The van der Waals surface area contributed by atoms with Crippen LogP contribution in [0.4, 0.5) is 9.18 Å². The summed E-state index contributed by atoms with van der Waals surface area (Å²) in [6, 6.07) is 10.9. The van der Waals surface area contributed by atoms with E-state index in [0.717, 1.165) is 18.4 Å². The lowest BCUT2D eigenvalue weighted by molar-refractivity contribution is -0.139. The van der Waals surface area contributed by atoms with Gasteiger partial charge < -0.3 is 25.0 Å². The van der Waals surface area contributed by atoms with E-state index in [0.29, 0.717) is 45.3 Å². The number of halogens is 1. The van der Waals surface area contributed by atoms with Gasteiger partial charge in [0.15, 0.2) is 0 Å². The Labute approximate surface area is 225 Å². The molecule has 1 aromatic carbocycles. The number of carbonyl (C=O) groups excluding carboxylic acids is 2. The molecule has 11 heteroatoms. The molecule has 1 aromatic rings. The van der Waals surface area contributed by atoms with Gasteiger partial charge in [-0.2, -0.15) is 5.26 Å². The number of nitrogens with zero attached hydrogens (tertiary/aromatic N) is 3. The molecule has 2 fully saturated rings. The van der Waals surface area contributed by atoms with Gasteiger partial charge in [-0.3, -0.25) is 9.69 Å². The first-order valence-corrected chi connectivity index (χ1v) is 13.5. The number of hydrogen-bond acceptors (Lipinski definition) is 7. The predicted molar refractivity (Wildman–Crippen MR) is 141 cm³/mol. The van der Waals surface area contributed by atoms with Crippen molar-refractivity contribution in [3.63, 3.8) is 0 Å². The lowest BCUT2D eigenvalue weighted by atomic mass is 9.76. The maximum absolute atomic E-state index is 13.7. The maximum Gasteiger partial charge on any atom is 0.475 e. The minimum Gasteiger partial charge on any atom is -0.447 e. The van der Waals surface area contributed by atoms with E-state index in [4.69, 9.17) is 4.74 Å². The van der Waals surface area contributed by atoms with Crippen LogP contribution in [0.15, 0.2) is 30.3 Å². The Morgan fingerprint density at radius 1 is 1.24 bits per heavy atom. The van der Waals surface area contributed by atoms with Gasteiger partial charge in [0.05, 0.1) is 18.1 Å². The number of ether oxygens (including phenoxy) is 1. The van der Waals surface area contributed by atoms with E-state index < -0.39 is 31.2 Å². The number of nitriles is 1. The summed E-state index contributed by atoms with van der Waals surface area (Å²) in [4.78, 5) is 29.6. The Balaban J connectivity index is 1.53. The number of rotatable bonds is 11. The van der Waals surface area contributed by atoms with Crippen LogP contribution in [0.3, 0.4) is 0 Å². The quantitative estimate of drug-likeness (QED) is 0.375. The van der Waals surface area contributed by atoms with E-state index in [1.165, 1.54) is 0 Å². The number of alkyl carbamates (subject to hydrolysis) is 1. The van der Waals surface area contributed by atoms with Crippen LogP contribution in [0.5, 0.6) is 0 Å². The van der Waals surface area contributed by atoms with Crippen molar-refractivity contribution in [2.45, 2.75) is 82.5 Å². The molecule has 4 atom stereocenters. The minimum absolute atomic E-state index is 0.0491. The highest BCUT2D eigenvalue weighted by Crippen LogP contribution is 2.29. The Morgan fingerprint density at radius 2 is 1.97 bits per heavy atom. The zero-order valence-electron chi connectivity index (χ0n) is 22.4. The average Bonchev–Trinajstić information content (AvgIpc) is 3.35. The number of amides is 2. The van der Waals surface area contributed by atoms with Gasteiger partial charge in [0, 0.05) is 25.2 Å². The maximum atomic E-state index is 13.7. The van der Waals surface area contributed by atoms with E-state index in [-0.39, 0.29) is 30.5 Å². The van der Waals surface area contributed by atoms with Gasteiger partial charge in [0.2, 0.25) is 5.91 Å². The smallest absolute Gasteiger partial charge is 0.447 e. The second kappa shape index (κ2) is 13.9. The van der Waals surface area contributed by atoms with Crippen LogP contribution in [0.2, 0.25) is 0 Å². The third-order valence-electron chi connectivity index (χ3n) is 7.76. The van der Waals surface area contributed by atoms with Gasteiger partial charge in [-0.1, -0.05) is 30.3 Å². The third-order valence-corrected chi connectivity index (χ3v) is 7.76. The summed E-state index contributed by atoms with van der Waals surface area (Å²) in [5.41, 5.74) is 0.515. The summed E-state index contributed by atoms with van der Waals surface area (Å²) in [5, 5.41) is 31.7. The topological polar surface area (TPSA) is 126 Å². The number of likely N-dealkylation sites (tertiary alicyclic amines) is 2. The number of nitrogens with one attached hydrogen (secondary N) is 1. The van der Waals surface area contributed by atoms with E-state index in [1.54, 1.807) is 4.90 Å². The first-order chi connectivity index (χ1) is 18.1. The van der Waals surface area contributed by atoms with Crippen LogP contribution < -0.4 is 5.32 Å². The van der Waals surface area contributed by atoms with Crippen molar-refractivity contribution >= 4 is 19.1 Å². The third kappa shape index (κ3) is 8.42. The highest BCUT2D eigenvalue weighted by atomic mass is 19.1. The molecule has 3 N–H and O–H groups in total. The van der Waals surface area contributed by atoms with Gasteiger partial charge in [-0.15, -0.1) is 0 Å². The number of carbonyl (C=O) groups is 2. The van der Waals surface area contributed by atoms with Crippen molar-refractivity contribution in [3.8, 4) is 6.07 Å². The van der Waals surface area contributed by atoms with Crippen LogP contribution in [0, 0.1) is 17.2 Å². The molecule has 208 valence electrons. The zero-order valence-corrected chi connectivity index (χ0v) is 22.4. The second-order valence-electron chi connectivity index (χ2n) is 11.0. The summed E-state index contributed by atoms with van der Waals surface area (Å²) in [6.45, 7) is 5.53. The molecule has 2 saturated heterocycles. The molecule has 2 aliphatic heterocycles. The molecule has 0 aromatic heterocycles. The van der Waals surface area contributed by atoms with Crippen molar-refractivity contribution in [3.05, 3.63) is 35.9 Å². The van der Waals surface area contributed by atoms with Crippen LogP contribution in [-0.4, -0.2) is 88.9 Å². The molecule has 3 rings (SSSR count). The Kier molecular flexibility index (Phi) is 10.9. The first-order valence-electron chi connectivity index (χ1n) is 13.5. The summed E-state index contributed by atoms with van der Waals surface area (Å²) in [7, 11) is -1.77. The molecule has 0 saturated carbocycles. The van der Waals surface area contributed by atoms with E-state index in [1.807, 2.05) is 44.2 Å². The lowest BCUT2D eigenvalue weighted by Crippen LogP contribution is -2.51. The van der Waals surface area contributed by atoms with Gasteiger partial charge >= 0.3 is 13.2 Å². The average molecular weight is 530 g/mol. The monoisotopic (exact) mass is 530 g/mol. The molecular weight excluding hydrogens is 490 g/mol. The molecule has 0 aliphatic carbocycles. The highest BCUT2D eigenvalue weighted by molar-refractivity contribution is 6.43. The molecule has 1 unspecified atom stereocenters. The molecule has 2 aliphatic rings. The molecule has 0 radical (unpaired) electrons. The minimum atomic E-state index is -1.77. The van der Waals surface area contributed by atoms with Gasteiger partial charge in [-0.25, -0.2) is 9.18 Å². The predicted octanol–water partition coefficient (Wildman–Crippen LogP) is 2.46. The van der Waals surface area contributed by atoms with Gasteiger partial charge in [0.25, 0.3) is 0 Å². The van der Waals surface area contributed by atoms with Crippen molar-refractivity contribution in [2.75, 3.05) is 26.2 Å². The SMILES string of the molecule is CC(C)(CCC(C#N)C(=O)N1CCCC[C@@H]1COC(=O)N[C@@H](Cc1ccccc1)B(O)O)N1CC[C@H](F)C1. The lowest BCUT2D eigenvalue weighted by Gasteiger charge is -2.38. The number of hydrogen-bond donors (Lipinski definition) is 3. The molecule has 2 amide bonds. The van der Waals surface area contributed by atoms with E-state index in [2.05, 4.69) is 16.3 Å².